The lowest BCUT2D eigenvalue weighted by Gasteiger charge is -2.09. The maximum absolute atomic E-state index is 12.2. The van der Waals surface area contributed by atoms with E-state index in [-0.39, 0.29) is 18.4 Å². The Labute approximate surface area is 174 Å². The third-order valence-electron chi connectivity index (χ3n) is 4.33. The number of amides is 2. The van der Waals surface area contributed by atoms with Crippen LogP contribution in [0, 0.1) is 11.3 Å². The van der Waals surface area contributed by atoms with Gasteiger partial charge in [0.15, 0.2) is 0 Å². The fourth-order valence-corrected chi connectivity index (χ4v) is 2.79. The Kier molecular flexibility index (Phi) is 7.12. The minimum absolute atomic E-state index is 0.119. The number of anilines is 1. The van der Waals surface area contributed by atoms with Gasteiger partial charge in [-0.3, -0.25) is 9.59 Å². The van der Waals surface area contributed by atoms with Gasteiger partial charge in [-0.15, -0.1) is 0 Å². The van der Waals surface area contributed by atoms with E-state index in [0.29, 0.717) is 30.0 Å². The zero-order chi connectivity index (χ0) is 21.2. The normalized spacial score (nSPS) is 9.97. The fraction of sp³-hybridized carbons (Fsp3) is 0.130. The molecule has 3 rings (SSSR count). The topological polar surface area (TPSA) is 107 Å². The van der Waals surface area contributed by atoms with Gasteiger partial charge in [0.2, 0.25) is 5.91 Å². The third kappa shape index (κ3) is 5.66. The number of carbonyl (C=O) groups excluding carboxylic acids is 2. The van der Waals surface area contributed by atoms with Gasteiger partial charge in [0, 0.05) is 24.8 Å². The molecule has 0 unspecified atom stereocenters. The molecule has 1 heterocycles. The average Bonchev–Trinajstić information content (AvgIpc) is 2.81. The number of pyridine rings is 1. The summed E-state index contributed by atoms with van der Waals surface area (Å²) in [6.45, 7) is 0.626. The summed E-state index contributed by atoms with van der Waals surface area (Å²) in [6.07, 6.45) is 1.59. The van der Waals surface area contributed by atoms with Crippen molar-refractivity contribution in [1.82, 2.24) is 15.6 Å². The number of benzene rings is 2. The maximum atomic E-state index is 12.2. The SMILES string of the molecule is N#Cc1cccnc1NCCNC(=O)CNC(=O)c1ccc(-c2ccccc2)cc1. The smallest absolute Gasteiger partial charge is 0.251 e. The minimum Gasteiger partial charge on any atom is -0.367 e. The van der Waals surface area contributed by atoms with Crippen molar-refractivity contribution in [1.29, 1.82) is 5.26 Å². The Bertz CT molecular complexity index is 1040. The van der Waals surface area contributed by atoms with E-state index in [1.807, 2.05) is 48.5 Å². The highest BCUT2D eigenvalue weighted by molar-refractivity contribution is 5.96. The molecule has 0 saturated carbocycles. The highest BCUT2D eigenvalue weighted by Crippen LogP contribution is 2.19. The van der Waals surface area contributed by atoms with Gasteiger partial charge in [-0.25, -0.2) is 4.98 Å². The van der Waals surface area contributed by atoms with E-state index in [0.717, 1.165) is 11.1 Å². The summed E-state index contributed by atoms with van der Waals surface area (Å²) in [5, 5.41) is 17.3. The number of nitrogens with zero attached hydrogens (tertiary/aromatic N) is 2. The molecule has 0 spiro atoms. The molecule has 2 aromatic carbocycles. The second kappa shape index (κ2) is 10.4. The van der Waals surface area contributed by atoms with Crippen LogP contribution in [0.25, 0.3) is 11.1 Å². The molecule has 0 atom stereocenters. The molecular weight excluding hydrogens is 378 g/mol. The van der Waals surface area contributed by atoms with Gasteiger partial charge in [0.1, 0.15) is 11.9 Å². The van der Waals surface area contributed by atoms with Crippen LogP contribution >= 0.6 is 0 Å². The number of hydrogen-bond acceptors (Lipinski definition) is 5. The van der Waals surface area contributed by atoms with Crippen LogP contribution in [-0.2, 0) is 4.79 Å². The number of rotatable bonds is 8. The van der Waals surface area contributed by atoms with E-state index in [4.69, 9.17) is 5.26 Å². The number of carbonyl (C=O) groups is 2. The van der Waals surface area contributed by atoms with E-state index in [2.05, 4.69) is 20.9 Å². The summed E-state index contributed by atoms with van der Waals surface area (Å²) in [5.41, 5.74) is 3.02. The van der Waals surface area contributed by atoms with E-state index in [9.17, 15) is 9.59 Å². The van der Waals surface area contributed by atoms with Crippen LogP contribution in [-0.4, -0.2) is 36.4 Å². The van der Waals surface area contributed by atoms with Crippen molar-refractivity contribution in [2.45, 2.75) is 0 Å². The lowest BCUT2D eigenvalue weighted by atomic mass is 10.0. The summed E-state index contributed by atoms with van der Waals surface area (Å²) in [6, 6.07) is 22.5. The molecular formula is C23H21N5O2. The zero-order valence-corrected chi connectivity index (χ0v) is 16.3. The third-order valence-corrected chi connectivity index (χ3v) is 4.33. The predicted molar refractivity (Wildman–Crippen MR) is 115 cm³/mol. The number of nitriles is 1. The lowest BCUT2D eigenvalue weighted by molar-refractivity contribution is -0.120. The van der Waals surface area contributed by atoms with Gasteiger partial charge in [-0.05, 0) is 35.4 Å². The molecule has 0 aliphatic heterocycles. The maximum Gasteiger partial charge on any atom is 0.251 e. The highest BCUT2D eigenvalue weighted by atomic mass is 16.2. The van der Waals surface area contributed by atoms with Crippen molar-refractivity contribution in [2.24, 2.45) is 0 Å². The van der Waals surface area contributed by atoms with Crippen LogP contribution in [0.3, 0.4) is 0 Å². The Morgan fingerprint density at radius 1 is 0.867 bits per heavy atom. The molecule has 0 aliphatic rings. The van der Waals surface area contributed by atoms with Crippen LogP contribution in [0.1, 0.15) is 15.9 Å². The Hall–Kier alpha value is -4.18. The van der Waals surface area contributed by atoms with Crippen LogP contribution in [0.5, 0.6) is 0 Å². The van der Waals surface area contributed by atoms with Gasteiger partial charge in [-0.2, -0.15) is 5.26 Å². The summed E-state index contributed by atoms with van der Waals surface area (Å²) in [7, 11) is 0. The molecule has 3 aromatic rings. The Balaban J connectivity index is 1.40. The first-order valence-electron chi connectivity index (χ1n) is 9.47. The quantitative estimate of drug-likeness (QED) is 0.505. The predicted octanol–water partition coefficient (Wildman–Crippen LogP) is 2.58. The van der Waals surface area contributed by atoms with Crippen LogP contribution in [0.2, 0.25) is 0 Å². The molecule has 3 N–H and O–H groups in total. The van der Waals surface area contributed by atoms with Crippen molar-refractivity contribution in [3.05, 3.63) is 84.1 Å². The molecule has 150 valence electrons. The standard InChI is InChI=1S/C23H21N5O2/c24-15-20-7-4-12-26-22(20)27-14-13-25-21(29)16-28-23(30)19-10-8-18(9-11-19)17-5-2-1-3-6-17/h1-12H,13-14,16H2,(H,25,29)(H,26,27)(H,28,30). The number of hydrogen-bond donors (Lipinski definition) is 3. The van der Waals surface area contributed by atoms with Crippen molar-refractivity contribution in [2.75, 3.05) is 25.0 Å². The molecule has 0 saturated heterocycles. The van der Waals surface area contributed by atoms with Crippen LogP contribution < -0.4 is 16.0 Å². The van der Waals surface area contributed by atoms with E-state index in [1.54, 1.807) is 30.5 Å². The van der Waals surface area contributed by atoms with Crippen LogP contribution in [0.15, 0.2) is 72.9 Å². The van der Waals surface area contributed by atoms with Gasteiger partial charge in [0.05, 0.1) is 12.1 Å². The minimum atomic E-state index is -0.310. The molecule has 7 heteroatoms. The van der Waals surface area contributed by atoms with E-state index in [1.165, 1.54) is 0 Å². The first kappa shape index (κ1) is 20.6. The van der Waals surface area contributed by atoms with Gasteiger partial charge in [-0.1, -0.05) is 42.5 Å². The second-order valence-corrected chi connectivity index (χ2v) is 6.41. The molecule has 30 heavy (non-hydrogen) atoms. The summed E-state index contributed by atoms with van der Waals surface area (Å²) >= 11 is 0. The monoisotopic (exact) mass is 399 g/mol. The number of aromatic nitrogens is 1. The van der Waals surface area contributed by atoms with Crippen molar-refractivity contribution >= 4 is 17.6 Å². The lowest BCUT2D eigenvalue weighted by Crippen LogP contribution is -2.38. The highest BCUT2D eigenvalue weighted by Gasteiger charge is 2.08. The number of nitrogens with one attached hydrogen (secondary N) is 3. The first-order chi connectivity index (χ1) is 14.7. The molecule has 2 amide bonds. The molecule has 0 bridgehead atoms. The van der Waals surface area contributed by atoms with Crippen LogP contribution in [0.4, 0.5) is 5.82 Å². The summed E-state index contributed by atoms with van der Waals surface area (Å²) < 4.78 is 0. The molecule has 0 fully saturated rings. The van der Waals surface area contributed by atoms with E-state index >= 15 is 0 Å². The molecule has 0 radical (unpaired) electrons. The van der Waals surface area contributed by atoms with E-state index < -0.39 is 0 Å². The molecule has 7 nitrogen and oxygen atoms in total. The van der Waals surface area contributed by atoms with Gasteiger partial charge < -0.3 is 16.0 Å². The summed E-state index contributed by atoms with van der Waals surface area (Å²) in [5.74, 6) is -0.135. The zero-order valence-electron chi connectivity index (χ0n) is 16.3. The van der Waals surface area contributed by atoms with Crippen molar-refractivity contribution < 1.29 is 9.59 Å². The van der Waals surface area contributed by atoms with Gasteiger partial charge in [0.25, 0.3) is 5.91 Å². The largest absolute Gasteiger partial charge is 0.367 e. The molecule has 1 aromatic heterocycles. The Morgan fingerprint density at radius 3 is 2.33 bits per heavy atom. The second-order valence-electron chi connectivity index (χ2n) is 6.41. The molecule has 0 aliphatic carbocycles. The fourth-order valence-electron chi connectivity index (χ4n) is 2.79. The Morgan fingerprint density at radius 2 is 1.60 bits per heavy atom. The van der Waals surface area contributed by atoms with Crippen molar-refractivity contribution in [3.8, 4) is 17.2 Å². The summed E-state index contributed by atoms with van der Waals surface area (Å²) in [4.78, 5) is 28.3. The average molecular weight is 399 g/mol. The van der Waals surface area contributed by atoms with Crippen molar-refractivity contribution in [3.63, 3.8) is 0 Å². The first-order valence-corrected chi connectivity index (χ1v) is 9.47. The van der Waals surface area contributed by atoms with Gasteiger partial charge >= 0.3 is 0 Å².